The number of esters is 1. The molecule has 1 aliphatic rings. The molecular formula is C13H25NO5S. The Morgan fingerprint density at radius 1 is 1.35 bits per heavy atom. The zero-order chi connectivity index (χ0) is 15.4. The molecule has 1 heterocycles. The van der Waals surface area contributed by atoms with E-state index < -0.39 is 27.6 Å². The summed E-state index contributed by atoms with van der Waals surface area (Å²) in [5.74, 6) is -0.453. The van der Waals surface area contributed by atoms with Crippen molar-refractivity contribution in [2.75, 3.05) is 26.0 Å². The number of ether oxygens (including phenoxy) is 2. The van der Waals surface area contributed by atoms with Crippen molar-refractivity contribution in [3.8, 4) is 0 Å². The Balaban J connectivity index is 2.71. The van der Waals surface area contributed by atoms with Crippen LogP contribution < -0.4 is 0 Å². The summed E-state index contributed by atoms with van der Waals surface area (Å²) in [7, 11) is -1.90. The van der Waals surface area contributed by atoms with E-state index in [1.807, 2.05) is 0 Å². The molecule has 0 radical (unpaired) electrons. The van der Waals surface area contributed by atoms with Crippen molar-refractivity contribution in [2.45, 2.75) is 51.7 Å². The minimum absolute atomic E-state index is 0.000137. The first-order chi connectivity index (χ1) is 9.17. The highest BCUT2D eigenvalue weighted by Gasteiger charge is 2.40. The van der Waals surface area contributed by atoms with E-state index in [0.717, 1.165) is 0 Å². The molecule has 0 bridgehead atoms. The maximum absolute atomic E-state index is 12.3. The highest BCUT2D eigenvalue weighted by atomic mass is 32.2. The third-order valence-corrected chi connectivity index (χ3v) is 4.95. The van der Waals surface area contributed by atoms with Crippen LogP contribution in [0.1, 0.15) is 40.0 Å². The van der Waals surface area contributed by atoms with Crippen molar-refractivity contribution >= 4 is 16.0 Å². The van der Waals surface area contributed by atoms with E-state index in [-0.39, 0.29) is 5.75 Å². The van der Waals surface area contributed by atoms with Crippen molar-refractivity contribution in [2.24, 2.45) is 0 Å². The summed E-state index contributed by atoms with van der Waals surface area (Å²) in [4.78, 5) is 12.1. The van der Waals surface area contributed by atoms with Gasteiger partial charge in [-0.1, -0.05) is 0 Å². The normalized spacial score (nSPS) is 21.1. The summed E-state index contributed by atoms with van der Waals surface area (Å²) in [6.45, 7) is 6.11. The van der Waals surface area contributed by atoms with Gasteiger partial charge >= 0.3 is 5.97 Å². The molecular weight excluding hydrogens is 282 g/mol. The first-order valence-corrected chi connectivity index (χ1v) is 8.49. The topological polar surface area (TPSA) is 72.9 Å². The molecule has 0 unspecified atom stereocenters. The first-order valence-electron chi connectivity index (χ1n) is 6.89. The summed E-state index contributed by atoms with van der Waals surface area (Å²) < 4.78 is 36.0. The second kappa shape index (κ2) is 6.87. The summed E-state index contributed by atoms with van der Waals surface area (Å²) in [6.07, 6.45) is 1.64. The minimum atomic E-state index is -3.43. The van der Waals surface area contributed by atoms with Crippen LogP contribution in [0.25, 0.3) is 0 Å². The molecule has 0 aromatic rings. The monoisotopic (exact) mass is 307 g/mol. The van der Waals surface area contributed by atoms with Crippen molar-refractivity contribution in [1.82, 2.24) is 4.31 Å². The Kier molecular flexibility index (Phi) is 5.97. The lowest BCUT2D eigenvalue weighted by atomic mass is 10.2. The third-order valence-electron chi connectivity index (χ3n) is 2.99. The molecule has 7 heteroatoms. The van der Waals surface area contributed by atoms with Crippen molar-refractivity contribution in [3.05, 3.63) is 0 Å². The quantitative estimate of drug-likeness (QED) is 0.544. The number of hydrogen-bond donors (Lipinski definition) is 0. The second-order valence-electron chi connectivity index (χ2n) is 5.96. The minimum Gasteiger partial charge on any atom is -0.459 e. The van der Waals surface area contributed by atoms with Gasteiger partial charge in [-0.2, -0.15) is 4.31 Å². The molecule has 1 atom stereocenters. The SMILES string of the molecule is COCCCS(=O)(=O)N1CCC[C@@H]1C(=O)OC(C)(C)C. The lowest BCUT2D eigenvalue weighted by Gasteiger charge is -2.26. The van der Waals surface area contributed by atoms with Crippen LogP contribution in [0.4, 0.5) is 0 Å². The maximum atomic E-state index is 12.3. The van der Waals surface area contributed by atoms with Gasteiger partial charge in [0.05, 0.1) is 5.75 Å². The average Bonchev–Trinajstić information content (AvgIpc) is 2.76. The van der Waals surface area contributed by atoms with E-state index in [2.05, 4.69) is 0 Å². The smallest absolute Gasteiger partial charge is 0.324 e. The van der Waals surface area contributed by atoms with Gasteiger partial charge in [0.15, 0.2) is 0 Å². The van der Waals surface area contributed by atoms with Gasteiger partial charge in [0, 0.05) is 20.3 Å². The fourth-order valence-electron chi connectivity index (χ4n) is 2.18. The Morgan fingerprint density at radius 3 is 2.55 bits per heavy atom. The molecule has 0 spiro atoms. The van der Waals surface area contributed by atoms with E-state index in [1.54, 1.807) is 20.8 Å². The predicted molar refractivity (Wildman–Crippen MR) is 75.9 cm³/mol. The first kappa shape index (κ1) is 17.4. The fraction of sp³-hybridized carbons (Fsp3) is 0.923. The van der Waals surface area contributed by atoms with Crippen LogP contribution in [-0.4, -0.2) is 56.3 Å². The average molecular weight is 307 g/mol. The Hall–Kier alpha value is -0.660. The molecule has 0 saturated carbocycles. The van der Waals surface area contributed by atoms with Gasteiger partial charge in [0.2, 0.25) is 10.0 Å². The molecule has 0 aromatic heterocycles. The van der Waals surface area contributed by atoms with Crippen LogP contribution in [-0.2, 0) is 24.3 Å². The van der Waals surface area contributed by atoms with Gasteiger partial charge in [-0.3, -0.25) is 4.79 Å². The number of sulfonamides is 1. The van der Waals surface area contributed by atoms with Crippen LogP contribution in [0.2, 0.25) is 0 Å². The summed E-state index contributed by atoms with van der Waals surface area (Å²) in [6, 6.07) is -0.679. The molecule has 118 valence electrons. The molecule has 1 aliphatic heterocycles. The van der Waals surface area contributed by atoms with Crippen LogP contribution in [0.5, 0.6) is 0 Å². The Labute approximate surface area is 121 Å². The summed E-state index contributed by atoms with van der Waals surface area (Å²) in [5.41, 5.74) is -0.606. The van der Waals surface area contributed by atoms with E-state index in [0.29, 0.717) is 32.4 Å². The van der Waals surface area contributed by atoms with Gasteiger partial charge in [-0.05, 0) is 40.0 Å². The highest BCUT2D eigenvalue weighted by molar-refractivity contribution is 7.89. The fourth-order valence-corrected chi connectivity index (χ4v) is 3.89. The van der Waals surface area contributed by atoms with Gasteiger partial charge in [-0.15, -0.1) is 0 Å². The zero-order valence-electron chi connectivity index (χ0n) is 12.7. The maximum Gasteiger partial charge on any atom is 0.324 e. The van der Waals surface area contributed by atoms with Crippen LogP contribution in [0, 0.1) is 0 Å². The van der Waals surface area contributed by atoms with Gasteiger partial charge in [0.25, 0.3) is 0 Å². The molecule has 6 nitrogen and oxygen atoms in total. The van der Waals surface area contributed by atoms with Crippen molar-refractivity contribution in [1.29, 1.82) is 0 Å². The molecule has 1 fully saturated rings. The largest absolute Gasteiger partial charge is 0.459 e. The summed E-state index contributed by atoms with van der Waals surface area (Å²) in [5, 5.41) is 0. The van der Waals surface area contributed by atoms with E-state index in [1.165, 1.54) is 11.4 Å². The number of nitrogens with zero attached hydrogens (tertiary/aromatic N) is 1. The van der Waals surface area contributed by atoms with Gasteiger partial charge < -0.3 is 9.47 Å². The molecule has 20 heavy (non-hydrogen) atoms. The van der Waals surface area contributed by atoms with Gasteiger partial charge in [0.1, 0.15) is 11.6 Å². The number of hydrogen-bond acceptors (Lipinski definition) is 5. The number of rotatable bonds is 6. The third kappa shape index (κ3) is 5.03. The van der Waals surface area contributed by atoms with Crippen molar-refractivity contribution in [3.63, 3.8) is 0 Å². The van der Waals surface area contributed by atoms with E-state index in [4.69, 9.17) is 9.47 Å². The number of carbonyl (C=O) groups excluding carboxylic acids is 1. The molecule has 0 aromatic carbocycles. The standard InChI is InChI=1S/C13H25NO5S/c1-13(2,3)19-12(15)11-7-5-8-14(11)20(16,17)10-6-9-18-4/h11H,5-10H2,1-4H3/t11-/m1/s1. The van der Waals surface area contributed by atoms with Crippen LogP contribution >= 0.6 is 0 Å². The van der Waals surface area contributed by atoms with E-state index >= 15 is 0 Å². The summed E-state index contributed by atoms with van der Waals surface area (Å²) >= 11 is 0. The van der Waals surface area contributed by atoms with Crippen LogP contribution in [0.15, 0.2) is 0 Å². The number of methoxy groups -OCH3 is 1. The highest BCUT2D eigenvalue weighted by Crippen LogP contribution is 2.24. The molecule has 1 saturated heterocycles. The molecule has 1 rings (SSSR count). The Bertz CT molecular complexity index is 427. The molecule has 0 amide bonds. The van der Waals surface area contributed by atoms with Gasteiger partial charge in [-0.25, -0.2) is 8.42 Å². The number of carbonyl (C=O) groups is 1. The second-order valence-corrected chi connectivity index (χ2v) is 8.01. The zero-order valence-corrected chi connectivity index (χ0v) is 13.5. The van der Waals surface area contributed by atoms with Crippen LogP contribution in [0.3, 0.4) is 0 Å². The molecule has 0 N–H and O–H groups in total. The Morgan fingerprint density at radius 2 is 2.00 bits per heavy atom. The van der Waals surface area contributed by atoms with Crippen molar-refractivity contribution < 1.29 is 22.7 Å². The molecule has 0 aliphatic carbocycles. The lowest BCUT2D eigenvalue weighted by molar-refractivity contribution is -0.158. The van der Waals surface area contributed by atoms with E-state index in [9.17, 15) is 13.2 Å². The lowest BCUT2D eigenvalue weighted by Crippen LogP contribution is -2.44. The predicted octanol–water partition coefficient (Wildman–Crippen LogP) is 1.16.